The number of benzene rings is 1. The van der Waals surface area contributed by atoms with Crippen molar-refractivity contribution < 1.29 is 18.9 Å². The van der Waals surface area contributed by atoms with Gasteiger partial charge >= 0.3 is 7.05 Å². The molecule has 1 fully saturated rings. The number of anilines is 1. The van der Waals surface area contributed by atoms with Crippen LogP contribution in [0.25, 0.3) is 6.08 Å². The summed E-state index contributed by atoms with van der Waals surface area (Å²) in [5.41, 5.74) is 2.19. The van der Waals surface area contributed by atoms with Gasteiger partial charge in [-0.15, -0.1) is 0 Å². The molecule has 0 radical (unpaired) electrons. The van der Waals surface area contributed by atoms with Crippen LogP contribution in [0.15, 0.2) is 17.7 Å². The minimum atomic E-state index is -0.489. The molecule has 1 saturated heterocycles. The Bertz CT molecular complexity index is 633. The SMILES string of the molecule is CB(O)N1CCCC(=Cc2cc(F)c3c(c2)NC(=O)CO3)C1. The lowest BCUT2D eigenvalue weighted by Gasteiger charge is -2.29. The molecule has 3 rings (SSSR count). The number of piperidine rings is 1. The van der Waals surface area contributed by atoms with Gasteiger partial charge in [0.1, 0.15) is 0 Å². The number of ether oxygens (including phenoxy) is 1. The summed E-state index contributed by atoms with van der Waals surface area (Å²) in [6.07, 6.45) is 3.80. The van der Waals surface area contributed by atoms with Crippen molar-refractivity contribution in [3.05, 3.63) is 29.1 Å². The summed E-state index contributed by atoms with van der Waals surface area (Å²) in [7, 11) is -0.489. The predicted molar refractivity (Wildman–Crippen MR) is 83.1 cm³/mol. The van der Waals surface area contributed by atoms with E-state index in [0.29, 0.717) is 17.8 Å². The number of nitrogens with zero attached hydrogens (tertiary/aromatic N) is 1. The molecule has 2 N–H and O–H groups in total. The maximum atomic E-state index is 14.1. The third-order valence-corrected chi connectivity index (χ3v) is 3.94. The maximum Gasteiger partial charge on any atom is 0.376 e. The Morgan fingerprint density at radius 3 is 3.09 bits per heavy atom. The van der Waals surface area contributed by atoms with E-state index in [9.17, 15) is 14.2 Å². The molecule has 0 saturated carbocycles. The summed E-state index contributed by atoms with van der Waals surface area (Å²) in [6.45, 7) is 3.11. The summed E-state index contributed by atoms with van der Waals surface area (Å²) in [6, 6.07) is 3.12. The molecule has 0 atom stereocenters. The number of carbonyl (C=O) groups excluding carboxylic acids is 1. The smallest absolute Gasteiger partial charge is 0.376 e. The molecule has 2 aliphatic rings. The first-order chi connectivity index (χ1) is 10.5. The van der Waals surface area contributed by atoms with Crippen LogP contribution in [-0.4, -0.2) is 42.5 Å². The highest BCUT2D eigenvalue weighted by molar-refractivity contribution is 6.45. The van der Waals surface area contributed by atoms with Crippen LogP contribution in [0, 0.1) is 5.82 Å². The van der Waals surface area contributed by atoms with Crippen molar-refractivity contribution >= 4 is 24.7 Å². The predicted octanol–water partition coefficient (Wildman–Crippen LogP) is 1.75. The van der Waals surface area contributed by atoms with Gasteiger partial charge < -0.3 is 19.9 Å². The molecule has 1 aromatic carbocycles. The van der Waals surface area contributed by atoms with E-state index in [2.05, 4.69) is 5.32 Å². The Morgan fingerprint density at radius 1 is 1.50 bits per heavy atom. The molecule has 2 aliphatic heterocycles. The van der Waals surface area contributed by atoms with Gasteiger partial charge in [-0.3, -0.25) is 4.79 Å². The zero-order valence-corrected chi connectivity index (χ0v) is 12.4. The van der Waals surface area contributed by atoms with Gasteiger partial charge in [-0.1, -0.05) is 11.6 Å². The molecule has 0 aromatic heterocycles. The van der Waals surface area contributed by atoms with Crippen molar-refractivity contribution in [1.82, 2.24) is 4.81 Å². The Hall–Kier alpha value is -1.86. The molecule has 22 heavy (non-hydrogen) atoms. The Kier molecular flexibility index (Phi) is 4.17. The Balaban J connectivity index is 1.86. The second-order valence-electron chi connectivity index (χ2n) is 5.72. The lowest BCUT2D eigenvalue weighted by atomic mass is 9.82. The number of amides is 1. The number of rotatable bonds is 2. The molecule has 7 heteroatoms. The molecule has 0 bridgehead atoms. The lowest BCUT2D eigenvalue weighted by molar-refractivity contribution is -0.118. The lowest BCUT2D eigenvalue weighted by Crippen LogP contribution is -2.41. The van der Waals surface area contributed by atoms with Gasteiger partial charge in [0.25, 0.3) is 5.91 Å². The Labute approximate surface area is 128 Å². The second-order valence-corrected chi connectivity index (χ2v) is 5.72. The van der Waals surface area contributed by atoms with Crippen LogP contribution >= 0.6 is 0 Å². The first-order valence-electron chi connectivity index (χ1n) is 7.40. The first-order valence-corrected chi connectivity index (χ1v) is 7.40. The van der Waals surface area contributed by atoms with E-state index < -0.39 is 12.9 Å². The van der Waals surface area contributed by atoms with Gasteiger partial charge in [0.2, 0.25) is 0 Å². The number of fused-ring (bicyclic) bond motifs is 1. The van der Waals surface area contributed by atoms with Crippen molar-refractivity contribution in [2.75, 3.05) is 25.0 Å². The highest BCUT2D eigenvalue weighted by atomic mass is 19.1. The summed E-state index contributed by atoms with van der Waals surface area (Å²) in [5, 5.41) is 12.3. The van der Waals surface area contributed by atoms with Gasteiger partial charge in [0.05, 0.1) is 5.69 Å². The zero-order valence-electron chi connectivity index (χ0n) is 12.4. The fourth-order valence-electron chi connectivity index (χ4n) is 2.86. The maximum absolute atomic E-state index is 14.1. The van der Waals surface area contributed by atoms with Crippen LogP contribution in [0.2, 0.25) is 6.82 Å². The van der Waals surface area contributed by atoms with Crippen LogP contribution in [0.3, 0.4) is 0 Å². The van der Waals surface area contributed by atoms with Crippen molar-refractivity contribution in [2.24, 2.45) is 0 Å². The molecule has 2 heterocycles. The van der Waals surface area contributed by atoms with E-state index in [1.54, 1.807) is 12.9 Å². The topological polar surface area (TPSA) is 61.8 Å². The highest BCUT2D eigenvalue weighted by Gasteiger charge is 2.22. The van der Waals surface area contributed by atoms with Crippen LogP contribution in [-0.2, 0) is 4.79 Å². The van der Waals surface area contributed by atoms with Crippen molar-refractivity contribution in [3.8, 4) is 5.75 Å². The third kappa shape index (κ3) is 3.15. The molecule has 1 amide bonds. The molecule has 0 unspecified atom stereocenters. The monoisotopic (exact) mass is 304 g/mol. The molecule has 1 aromatic rings. The largest absolute Gasteiger partial charge is 0.478 e. The number of halogens is 1. The van der Waals surface area contributed by atoms with Gasteiger partial charge in [0, 0.05) is 6.54 Å². The first kappa shape index (κ1) is 15.1. The quantitative estimate of drug-likeness (QED) is 0.817. The summed E-state index contributed by atoms with van der Waals surface area (Å²) >= 11 is 0. The average molecular weight is 304 g/mol. The molecule has 116 valence electrons. The molecule has 0 spiro atoms. The van der Waals surface area contributed by atoms with Crippen molar-refractivity contribution in [3.63, 3.8) is 0 Å². The average Bonchev–Trinajstić information content (AvgIpc) is 2.47. The van der Waals surface area contributed by atoms with Crippen LogP contribution in [0.4, 0.5) is 10.1 Å². The van der Waals surface area contributed by atoms with E-state index in [1.807, 2.05) is 10.9 Å². The summed E-state index contributed by atoms with van der Waals surface area (Å²) < 4.78 is 19.2. The van der Waals surface area contributed by atoms with Gasteiger partial charge in [-0.25, -0.2) is 4.39 Å². The van der Waals surface area contributed by atoms with E-state index in [1.165, 1.54) is 6.07 Å². The number of nitrogens with one attached hydrogen (secondary N) is 1. The minimum absolute atomic E-state index is 0.0935. The molecular weight excluding hydrogens is 286 g/mol. The highest BCUT2D eigenvalue weighted by Crippen LogP contribution is 2.33. The van der Waals surface area contributed by atoms with Crippen LogP contribution in [0.5, 0.6) is 5.75 Å². The molecular formula is C15H18BFN2O3. The summed E-state index contributed by atoms with van der Waals surface area (Å²) in [4.78, 5) is 13.3. The van der Waals surface area contributed by atoms with E-state index in [4.69, 9.17) is 4.74 Å². The van der Waals surface area contributed by atoms with E-state index in [-0.39, 0.29) is 18.3 Å². The number of hydrogen-bond acceptors (Lipinski definition) is 4. The fraction of sp³-hybridized carbons (Fsp3) is 0.400. The van der Waals surface area contributed by atoms with Crippen LogP contribution in [0.1, 0.15) is 18.4 Å². The van der Waals surface area contributed by atoms with E-state index in [0.717, 1.165) is 25.0 Å². The second kappa shape index (κ2) is 6.10. The standard InChI is InChI=1S/C15H18BFN2O3/c1-16(21)19-4-2-3-10(8-19)5-11-6-12(17)15-13(7-11)18-14(20)9-22-15/h5-7,21H,2-4,8-9H2,1H3,(H,18,20). The minimum Gasteiger partial charge on any atom is -0.478 e. The normalized spacial score (nSPS) is 20.3. The number of hydrogen-bond donors (Lipinski definition) is 2. The van der Waals surface area contributed by atoms with Gasteiger partial charge in [-0.05, 0) is 43.9 Å². The van der Waals surface area contributed by atoms with Gasteiger partial charge in [0.15, 0.2) is 18.2 Å². The fourth-order valence-corrected chi connectivity index (χ4v) is 2.86. The van der Waals surface area contributed by atoms with E-state index >= 15 is 0 Å². The van der Waals surface area contributed by atoms with Crippen LogP contribution < -0.4 is 10.1 Å². The zero-order chi connectivity index (χ0) is 15.7. The molecule has 5 nitrogen and oxygen atoms in total. The van der Waals surface area contributed by atoms with Crippen molar-refractivity contribution in [1.29, 1.82) is 0 Å². The third-order valence-electron chi connectivity index (χ3n) is 3.94. The number of carbonyl (C=O) groups is 1. The summed E-state index contributed by atoms with van der Waals surface area (Å²) in [5.74, 6) is -0.668. The Morgan fingerprint density at radius 2 is 2.32 bits per heavy atom. The van der Waals surface area contributed by atoms with Crippen molar-refractivity contribution in [2.45, 2.75) is 19.7 Å². The van der Waals surface area contributed by atoms with Gasteiger partial charge in [-0.2, -0.15) is 0 Å². The molecule has 0 aliphatic carbocycles.